The van der Waals surface area contributed by atoms with Crippen LogP contribution in [0.1, 0.15) is 20.8 Å². The van der Waals surface area contributed by atoms with Crippen molar-refractivity contribution >= 4 is 0 Å². The van der Waals surface area contributed by atoms with Crippen LogP contribution in [0.3, 0.4) is 0 Å². The van der Waals surface area contributed by atoms with Gasteiger partial charge in [0.1, 0.15) is 0 Å². The van der Waals surface area contributed by atoms with Crippen LogP contribution in [0, 0.1) is 0 Å². The molecule has 1 unspecified atom stereocenters. The summed E-state index contributed by atoms with van der Waals surface area (Å²) in [5, 5.41) is 3.26. The molecule has 0 aliphatic heterocycles. The van der Waals surface area contributed by atoms with Gasteiger partial charge in [-0.25, -0.2) is 0 Å². The highest BCUT2D eigenvalue weighted by atomic mass is 16.7. The zero-order chi connectivity index (χ0) is 11.0. The summed E-state index contributed by atoms with van der Waals surface area (Å²) in [7, 11) is 3.27. The Morgan fingerprint density at radius 3 is 2.07 bits per heavy atom. The molecule has 0 saturated carbocycles. The lowest BCUT2D eigenvalue weighted by atomic mass is 10.3. The van der Waals surface area contributed by atoms with Crippen LogP contribution in [0.25, 0.3) is 0 Å². The lowest BCUT2D eigenvalue weighted by molar-refractivity contribution is -0.120. The van der Waals surface area contributed by atoms with Gasteiger partial charge < -0.3 is 19.5 Å². The molecule has 1 atom stereocenters. The summed E-state index contributed by atoms with van der Waals surface area (Å²) in [6.45, 7) is 7.59. The SMILES string of the molecule is COC(OC)C(C)NCCOC(C)C. The minimum atomic E-state index is -0.200. The third-order valence-corrected chi connectivity index (χ3v) is 1.89. The largest absolute Gasteiger partial charge is 0.377 e. The van der Waals surface area contributed by atoms with Crippen molar-refractivity contribution in [3.8, 4) is 0 Å². The highest BCUT2D eigenvalue weighted by Crippen LogP contribution is 1.97. The zero-order valence-corrected chi connectivity index (χ0v) is 9.87. The Labute approximate surface area is 86.9 Å². The predicted octanol–water partition coefficient (Wildman–Crippen LogP) is 1.01. The quantitative estimate of drug-likeness (QED) is 0.474. The van der Waals surface area contributed by atoms with E-state index in [2.05, 4.69) is 5.32 Å². The summed E-state index contributed by atoms with van der Waals surface area (Å²) in [5.74, 6) is 0. The summed E-state index contributed by atoms with van der Waals surface area (Å²) in [6.07, 6.45) is 0.0850. The van der Waals surface area contributed by atoms with E-state index in [1.807, 2.05) is 20.8 Å². The van der Waals surface area contributed by atoms with Crippen LogP contribution >= 0.6 is 0 Å². The molecule has 0 aromatic heterocycles. The number of hydrogen-bond acceptors (Lipinski definition) is 4. The molecule has 0 aromatic carbocycles. The molecular formula is C10H23NO3. The zero-order valence-electron chi connectivity index (χ0n) is 9.87. The normalized spacial score (nSPS) is 13.9. The van der Waals surface area contributed by atoms with Crippen molar-refractivity contribution in [1.29, 1.82) is 0 Å². The molecule has 0 heterocycles. The van der Waals surface area contributed by atoms with Crippen molar-refractivity contribution in [3.05, 3.63) is 0 Å². The van der Waals surface area contributed by atoms with Gasteiger partial charge in [0.2, 0.25) is 0 Å². The van der Waals surface area contributed by atoms with Gasteiger partial charge in [0.05, 0.1) is 18.8 Å². The topological polar surface area (TPSA) is 39.7 Å². The lowest BCUT2D eigenvalue weighted by Gasteiger charge is -2.22. The van der Waals surface area contributed by atoms with Crippen molar-refractivity contribution in [1.82, 2.24) is 5.32 Å². The van der Waals surface area contributed by atoms with E-state index in [4.69, 9.17) is 14.2 Å². The predicted molar refractivity (Wildman–Crippen MR) is 56.4 cm³/mol. The monoisotopic (exact) mass is 205 g/mol. The van der Waals surface area contributed by atoms with Crippen LogP contribution in [0.5, 0.6) is 0 Å². The third kappa shape index (κ3) is 6.32. The molecule has 4 heteroatoms. The van der Waals surface area contributed by atoms with Gasteiger partial charge in [0, 0.05) is 20.8 Å². The van der Waals surface area contributed by atoms with E-state index in [9.17, 15) is 0 Å². The van der Waals surface area contributed by atoms with Crippen molar-refractivity contribution in [2.45, 2.75) is 39.2 Å². The Morgan fingerprint density at radius 1 is 1.07 bits per heavy atom. The van der Waals surface area contributed by atoms with E-state index >= 15 is 0 Å². The molecule has 0 rings (SSSR count). The van der Waals surface area contributed by atoms with Crippen LogP contribution in [0.15, 0.2) is 0 Å². The first-order valence-corrected chi connectivity index (χ1v) is 5.02. The highest BCUT2D eigenvalue weighted by molar-refractivity contribution is 4.63. The molecule has 0 radical (unpaired) electrons. The second kappa shape index (κ2) is 8.17. The Kier molecular flexibility index (Phi) is 8.08. The maximum Gasteiger partial charge on any atom is 0.171 e. The lowest BCUT2D eigenvalue weighted by Crippen LogP contribution is -2.41. The Bertz CT molecular complexity index is 127. The van der Waals surface area contributed by atoms with Gasteiger partial charge in [-0.05, 0) is 20.8 Å². The second-order valence-electron chi connectivity index (χ2n) is 3.50. The minimum absolute atomic E-state index is 0.167. The first-order chi connectivity index (χ1) is 6.61. The summed E-state index contributed by atoms with van der Waals surface area (Å²) in [5.41, 5.74) is 0. The molecule has 0 spiro atoms. The molecule has 1 N–H and O–H groups in total. The van der Waals surface area contributed by atoms with E-state index in [-0.39, 0.29) is 18.4 Å². The summed E-state index contributed by atoms with van der Waals surface area (Å²) in [6, 6.07) is 0.167. The number of rotatable bonds is 8. The van der Waals surface area contributed by atoms with Crippen LogP contribution < -0.4 is 5.32 Å². The van der Waals surface area contributed by atoms with Crippen molar-refractivity contribution in [3.63, 3.8) is 0 Å². The molecule has 0 amide bonds. The summed E-state index contributed by atoms with van der Waals surface area (Å²) >= 11 is 0. The molecule has 86 valence electrons. The standard InChI is InChI=1S/C10H23NO3/c1-8(2)14-7-6-11-9(3)10(12-4)13-5/h8-11H,6-7H2,1-5H3. The van der Waals surface area contributed by atoms with Gasteiger partial charge in [-0.3, -0.25) is 0 Å². The Hall–Kier alpha value is -0.160. The molecule has 4 nitrogen and oxygen atoms in total. The van der Waals surface area contributed by atoms with Crippen molar-refractivity contribution in [2.75, 3.05) is 27.4 Å². The maximum atomic E-state index is 5.40. The van der Waals surface area contributed by atoms with Gasteiger partial charge in [0.25, 0.3) is 0 Å². The maximum absolute atomic E-state index is 5.40. The van der Waals surface area contributed by atoms with Crippen LogP contribution in [0.2, 0.25) is 0 Å². The fraction of sp³-hybridized carbons (Fsp3) is 1.00. The van der Waals surface area contributed by atoms with Gasteiger partial charge in [0.15, 0.2) is 6.29 Å². The number of nitrogens with one attached hydrogen (secondary N) is 1. The first-order valence-electron chi connectivity index (χ1n) is 5.02. The van der Waals surface area contributed by atoms with Gasteiger partial charge in [-0.2, -0.15) is 0 Å². The van der Waals surface area contributed by atoms with Gasteiger partial charge in [-0.1, -0.05) is 0 Å². The Morgan fingerprint density at radius 2 is 1.64 bits per heavy atom. The van der Waals surface area contributed by atoms with Crippen LogP contribution in [-0.2, 0) is 14.2 Å². The molecule has 0 bridgehead atoms. The second-order valence-corrected chi connectivity index (χ2v) is 3.50. The number of hydrogen-bond donors (Lipinski definition) is 1. The minimum Gasteiger partial charge on any atom is -0.377 e. The third-order valence-electron chi connectivity index (χ3n) is 1.89. The van der Waals surface area contributed by atoms with Crippen LogP contribution in [0.4, 0.5) is 0 Å². The molecule has 0 saturated heterocycles. The smallest absolute Gasteiger partial charge is 0.171 e. The number of methoxy groups -OCH3 is 2. The van der Waals surface area contributed by atoms with Crippen LogP contribution in [-0.4, -0.2) is 45.8 Å². The summed E-state index contributed by atoms with van der Waals surface area (Å²) in [4.78, 5) is 0. The van der Waals surface area contributed by atoms with Gasteiger partial charge >= 0.3 is 0 Å². The molecule has 0 aliphatic carbocycles. The Balaban J connectivity index is 3.47. The van der Waals surface area contributed by atoms with Gasteiger partial charge in [-0.15, -0.1) is 0 Å². The fourth-order valence-corrected chi connectivity index (χ4v) is 1.18. The van der Waals surface area contributed by atoms with E-state index in [1.54, 1.807) is 14.2 Å². The average Bonchev–Trinajstić information content (AvgIpc) is 2.14. The molecule has 0 aromatic rings. The van der Waals surface area contributed by atoms with E-state index in [1.165, 1.54) is 0 Å². The molecule has 0 fully saturated rings. The molecule has 14 heavy (non-hydrogen) atoms. The summed E-state index contributed by atoms with van der Waals surface area (Å²) < 4.78 is 15.6. The average molecular weight is 205 g/mol. The number of ether oxygens (including phenoxy) is 3. The van der Waals surface area contributed by atoms with Crippen molar-refractivity contribution < 1.29 is 14.2 Å². The first kappa shape index (κ1) is 13.8. The fourth-order valence-electron chi connectivity index (χ4n) is 1.18. The highest BCUT2D eigenvalue weighted by Gasteiger charge is 2.14. The van der Waals surface area contributed by atoms with E-state index in [0.717, 1.165) is 6.54 Å². The molecule has 0 aliphatic rings. The molecular weight excluding hydrogens is 182 g/mol. The van der Waals surface area contributed by atoms with E-state index < -0.39 is 0 Å². The van der Waals surface area contributed by atoms with E-state index in [0.29, 0.717) is 6.61 Å². The van der Waals surface area contributed by atoms with Crippen molar-refractivity contribution in [2.24, 2.45) is 0 Å².